The molecule has 1 heterocycles. The van der Waals surface area contributed by atoms with Gasteiger partial charge in [-0.25, -0.2) is 0 Å². The van der Waals surface area contributed by atoms with E-state index < -0.39 is 11.3 Å². The van der Waals surface area contributed by atoms with E-state index in [1.165, 1.54) is 27.8 Å². The Labute approximate surface area is 207 Å². The smallest absolute Gasteiger partial charge is 0.209 e. The highest BCUT2D eigenvalue weighted by Crippen LogP contribution is 2.57. The van der Waals surface area contributed by atoms with E-state index in [0.29, 0.717) is 12.6 Å². The molecular formula is C32H31NO2. The topological polar surface area (TPSA) is 32.7 Å². The highest BCUT2D eigenvalue weighted by molar-refractivity contribution is 5.83. The lowest BCUT2D eigenvalue weighted by atomic mass is 9.77. The quantitative estimate of drug-likeness (QED) is 0.368. The normalized spacial score (nSPS) is 22.8. The molecule has 0 bridgehead atoms. The Hall–Kier alpha value is -3.24. The summed E-state index contributed by atoms with van der Waals surface area (Å²) in [6, 6.07) is 37.7. The molecule has 3 heteroatoms. The molecule has 3 nitrogen and oxygen atoms in total. The van der Waals surface area contributed by atoms with Crippen LogP contribution in [-0.4, -0.2) is 22.8 Å². The van der Waals surface area contributed by atoms with Gasteiger partial charge in [-0.15, -0.1) is 0 Å². The Morgan fingerprint density at radius 1 is 0.743 bits per heavy atom. The summed E-state index contributed by atoms with van der Waals surface area (Å²) in [5.74, 6) is -1.03. The number of benzene rings is 4. The van der Waals surface area contributed by atoms with Crippen LogP contribution < -0.4 is 0 Å². The van der Waals surface area contributed by atoms with Crippen molar-refractivity contribution < 1.29 is 9.84 Å². The highest BCUT2D eigenvalue weighted by Gasteiger charge is 2.59. The molecule has 0 spiro atoms. The van der Waals surface area contributed by atoms with Crippen LogP contribution in [0.4, 0.5) is 0 Å². The molecule has 35 heavy (non-hydrogen) atoms. The molecule has 0 aromatic heterocycles. The van der Waals surface area contributed by atoms with Gasteiger partial charge in [-0.05, 0) is 40.2 Å². The van der Waals surface area contributed by atoms with Crippen LogP contribution in [0.5, 0.6) is 0 Å². The van der Waals surface area contributed by atoms with Crippen molar-refractivity contribution >= 4 is 0 Å². The first-order chi connectivity index (χ1) is 17.1. The molecule has 0 saturated carbocycles. The molecule has 1 aliphatic heterocycles. The first-order valence-corrected chi connectivity index (χ1v) is 12.5. The summed E-state index contributed by atoms with van der Waals surface area (Å²) in [6.45, 7) is 4.75. The molecule has 1 saturated heterocycles. The minimum Gasteiger partial charge on any atom is -0.361 e. The van der Waals surface area contributed by atoms with Crippen molar-refractivity contribution in [3.63, 3.8) is 0 Å². The van der Waals surface area contributed by atoms with Crippen molar-refractivity contribution in [2.75, 3.05) is 6.73 Å². The fraction of sp³-hybridized carbons (Fsp3) is 0.250. The molecular weight excluding hydrogens is 430 g/mol. The maximum Gasteiger partial charge on any atom is 0.209 e. The van der Waals surface area contributed by atoms with Gasteiger partial charge in [0, 0.05) is 5.56 Å². The zero-order chi connectivity index (χ0) is 24.0. The van der Waals surface area contributed by atoms with Crippen LogP contribution in [0.2, 0.25) is 0 Å². The number of aliphatic hydroxyl groups is 1. The van der Waals surface area contributed by atoms with Crippen molar-refractivity contribution in [1.29, 1.82) is 0 Å². The van der Waals surface area contributed by atoms with Crippen LogP contribution in [0.15, 0.2) is 109 Å². The van der Waals surface area contributed by atoms with E-state index in [-0.39, 0.29) is 6.04 Å². The van der Waals surface area contributed by atoms with Crippen LogP contribution in [0, 0.1) is 5.92 Å². The summed E-state index contributed by atoms with van der Waals surface area (Å²) in [7, 11) is 0. The Kier molecular flexibility index (Phi) is 5.37. The van der Waals surface area contributed by atoms with E-state index in [0.717, 1.165) is 12.0 Å². The van der Waals surface area contributed by atoms with Gasteiger partial charge in [0.1, 0.15) is 12.3 Å². The number of fused-ring (bicyclic) bond motifs is 3. The number of nitrogens with zero attached hydrogens (tertiary/aromatic N) is 1. The number of ether oxygens (including phenoxy) is 1. The maximum absolute atomic E-state index is 12.2. The maximum atomic E-state index is 12.2. The average Bonchev–Trinajstić information content (AvgIpc) is 3.38. The van der Waals surface area contributed by atoms with Crippen LogP contribution in [0.1, 0.15) is 42.5 Å². The fourth-order valence-corrected chi connectivity index (χ4v) is 6.26. The molecule has 6 rings (SSSR count). The molecule has 176 valence electrons. The van der Waals surface area contributed by atoms with Gasteiger partial charge >= 0.3 is 0 Å². The minimum atomic E-state index is -1.40. The molecule has 4 aromatic carbocycles. The van der Waals surface area contributed by atoms with Gasteiger partial charge in [0.15, 0.2) is 0 Å². The van der Waals surface area contributed by atoms with Gasteiger partial charge in [-0.2, -0.15) is 0 Å². The number of rotatable bonds is 5. The zero-order valence-corrected chi connectivity index (χ0v) is 20.3. The molecule has 4 aromatic rings. The molecule has 1 fully saturated rings. The molecule has 1 unspecified atom stereocenters. The van der Waals surface area contributed by atoms with E-state index in [9.17, 15) is 5.11 Å². The Morgan fingerprint density at radius 2 is 1.23 bits per heavy atom. The lowest BCUT2D eigenvalue weighted by Crippen LogP contribution is -2.53. The van der Waals surface area contributed by atoms with Gasteiger partial charge in [0.05, 0.1) is 6.04 Å². The second kappa shape index (κ2) is 8.46. The Bertz CT molecular complexity index is 1290. The summed E-state index contributed by atoms with van der Waals surface area (Å²) < 4.78 is 6.42. The van der Waals surface area contributed by atoms with E-state index in [4.69, 9.17) is 4.74 Å². The third-order valence-electron chi connectivity index (χ3n) is 7.68. The molecule has 2 aliphatic rings. The van der Waals surface area contributed by atoms with Gasteiger partial charge in [0.2, 0.25) is 5.79 Å². The van der Waals surface area contributed by atoms with Crippen molar-refractivity contribution in [3.8, 4) is 11.1 Å². The van der Waals surface area contributed by atoms with Crippen LogP contribution >= 0.6 is 0 Å². The van der Waals surface area contributed by atoms with Crippen molar-refractivity contribution in [3.05, 3.63) is 131 Å². The van der Waals surface area contributed by atoms with Gasteiger partial charge < -0.3 is 9.84 Å². The minimum absolute atomic E-state index is 0.246. The van der Waals surface area contributed by atoms with Crippen molar-refractivity contribution in [2.24, 2.45) is 5.92 Å². The summed E-state index contributed by atoms with van der Waals surface area (Å²) in [5, 5.41) is 12.2. The first kappa shape index (κ1) is 22.2. The third-order valence-corrected chi connectivity index (χ3v) is 7.68. The molecule has 2 atom stereocenters. The Morgan fingerprint density at radius 3 is 1.77 bits per heavy atom. The average molecular weight is 462 g/mol. The van der Waals surface area contributed by atoms with E-state index in [2.05, 4.69) is 97.6 Å². The number of hydrogen-bond donors (Lipinski definition) is 1. The van der Waals surface area contributed by atoms with E-state index in [1.54, 1.807) is 0 Å². The second-order valence-corrected chi connectivity index (χ2v) is 10.1. The predicted molar refractivity (Wildman–Crippen MR) is 140 cm³/mol. The van der Waals surface area contributed by atoms with Crippen molar-refractivity contribution in [1.82, 2.24) is 4.90 Å². The molecule has 1 aliphatic carbocycles. The molecule has 0 radical (unpaired) electrons. The standard InChI is InChI=1S/C32H31NO2/c1-23(2)21-30-32(34,25-15-7-4-8-16-25)35-22-33(30)31(24-13-5-3-6-14-24)28-19-11-9-17-26(28)27-18-10-12-20-29(27)31/h3-20,23,30,34H,21-22H2,1-2H3/t30-,32?/m0/s1. The van der Waals surface area contributed by atoms with Crippen molar-refractivity contribution in [2.45, 2.75) is 37.6 Å². The largest absolute Gasteiger partial charge is 0.361 e. The fourth-order valence-electron chi connectivity index (χ4n) is 6.26. The van der Waals surface area contributed by atoms with Crippen LogP contribution in [0.25, 0.3) is 11.1 Å². The van der Waals surface area contributed by atoms with Crippen LogP contribution in [-0.2, 0) is 16.1 Å². The highest BCUT2D eigenvalue weighted by atomic mass is 16.6. The number of hydrogen-bond acceptors (Lipinski definition) is 3. The predicted octanol–water partition coefficient (Wildman–Crippen LogP) is 6.51. The lowest BCUT2D eigenvalue weighted by Gasteiger charge is -2.45. The van der Waals surface area contributed by atoms with Gasteiger partial charge in [-0.1, -0.05) is 123 Å². The van der Waals surface area contributed by atoms with Gasteiger partial charge in [-0.3, -0.25) is 4.90 Å². The summed E-state index contributed by atoms with van der Waals surface area (Å²) >= 11 is 0. The zero-order valence-electron chi connectivity index (χ0n) is 20.3. The monoisotopic (exact) mass is 461 g/mol. The Balaban J connectivity index is 1.64. The lowest BCUT2D eigenvalue weighted by molar-refractivity contribution is -0.190. The molecule has 0 amide bonds. The van der Waals surface area contributed by atoms with Gasteiger partial charge in [0.25, 0.3) is 0 Å². The van der Waals surface area contributed by atoms with E-state index in [1.807, 2.05) is 30.3 Å². The third kappa shape index (κ3) is 3.23. The summed E-state index contributed by atoms with van der Waals surface area (Å²) in [4.78, 5) is 2.42. The first-order valence-electron chi connectivity index (χ1n) is 12.5. The summed E-state index contributed by atoms with van der Waals surface area (Å²) in [5.41, 5.74) is 6.37. The SMILES string of the molecule is CC(C)C[C@@H]1N(C2(c3ccccc3)c3ccccc3-c3ccccc32)COC1(O)c1ccccc1. The summed E-state index contributed by atoms with van der Waals surface area (Å²) in [6.07, 6.45) is 0.796. The second-order valence-electron chi connectivity index (χ2n) is 10.1. The van der Waals surface area contributed by atoms with Crippen LogP contribution in [0.3, 0.4) is 0 Å². The van der Waals surface area contributed by atoms with E-state index >= 15 is 0 Å². The molecule has 1 N–H and O–H groups in total.